The summed E-state index contributed by atoms with van der Waals surface area (Å²) in [5.41, 5.74) is 2.41. The molecule has 0 saturated heterocycles. The van der Waals surface area contributed by atoms with Gasteiger partial charge in [0.25, 0.3) is 0 Å². The molecular weight excluding hydrogens is 366 g/mol. The molecular formula is C20H18F2N4O2. The highest BCUT2D eigenvalue weighted by Gasteiger charge is 2.23. The molecule has 4 aromatic rings. The minimum Gasteiger partial charge on any atom is -0.465 e. The number of esters is 1. The minimum absolute atomic E-state index is 0.245. The van der Waals surface area contributed by atoms with Crippen molar-refractivity contribution in [2.75, 3.05) is 7.11 Å². The predicted molar refractivity (Wildman–Crippen MR) is 100 cm³/mol. The van der Waals surface area contributed by atoms with Crippen LogP contribution in [0.1, 0.15) is 34.8 Å². The summed E-state index contributed by atoms with van der Waals surface area (Å²) in [6, 6.07) is 7.19. The summed E-state index contributed by atoms with van der Waals surface area (Å²) in [4.78, 5) is 20.9. The summed E-state index contributed by atoms with van der Waals surface area (Å²) in [5.74, 6) is -0.789. The maximum Gasteiger partial charge on any atom is 0.337 e. The van der Waals surface area contributed by atoms with E-state index in [1.165, 1.54) is 13.2 Å². The van der Waals surface area contributed by atoms with Crippen LogP contribution >= 0.6 is 0 Å². The summed E-state index contributed by atoms with van der Waals surface area (Å²) < 4.78 is 36.0. The second-order valence-corrected chi connectivity index (χ2v) is 6.73. The van der Waals surface area contributed by atoms with Gasteiger partial charge in [0.05, 0.1) is 35.1 Å². The number of hydrogen-bond donors (Lipinski definition) is 0. The van der Waals surface area contributed by atoms with Crippen molar-refractivity contribution < 1.29 is 18.3 Å². The van der Waals surface area contributed by atoms with E-state index in [0.717, 1.165) is 11.6 Å². The zero-order chi connectivity index (χ0) is 20.2. The van der Waals surface area contributed by atoms with Crippen molar-refractivity contribution in [1.82, 2.24) is 19.1 Å². The molecule has 1 unspecified atom stereocenters. The molecule has 4 rings (SSSR count). The van der Waals surface area contributed by atoms with Crippen molar-refractivity contribution >= 4 is 28.0 Å². The zero-order valence-corrected chi connectivity index (χ0v) is 15.8. The molecule has 2 aromatic heterocycles. The molecule has 1 atom stereocenters. The van der Waals surface area contributed by atoms with Crippen LogP contribution < -0.4 is 0 Å². The van der Waals surface area contributed by atoms with E-state index in [1.807, 2.05) is 18.5 Å². The van der Waals surface area contributed by atoms with E-state index in [1.54, 1.807) is 29.8 Å². The summed E-state index contributed by atoms with van der Waals surface area (Å²) >= 11 is 0. The molecule has 0 fully saturated rings. The lowest BCUT2D eigenvalue weighted by Gasteiger charge is -2.12. The number of carbonyl (C=O) groups excluding carboxylic acids is 1. The smallest absolute Gasteiger partial charge is 0.337 e. The Morgan fingerprint density at radius 2 is 1.71 bits per heavy atom. The van der Waals surface area contributed by atoms with E-state index in [2.05, 4.69) is 9.97 Å². The fourth-order valence-electron chi connectivity index (χ4n) is 3.63. The molecule has 0 radical (unpaired) electrons. The van der Waals surface area contributed by atoms with Crippen molar-refractivity contribution in [3.63, 3.8) is 0 Å². The van der Waals surface area contributed by atoms with Crippen LogP contribution in [0.3, 0.4) is 0 Å². The first kappa shape index (κ1) is 18.1. The third-order valence-corrected chi connectivity index (χ3v) is 5.03. The molecule has 6 nitrogen and oxygen atoms in total. The van der Waals surface area contributed by atoms with Crippen molar-refractivity contribution in [2.45, 2.75) is 12.8 Å². The molecule has 0 aliphatic rings. The molecule has 0 amide bonds. The lowest BCUT2D eigenvalue weighted by atomic mass is 10.1. The quantitative estimate of drug-likeness (QED) is 0.506. The third kappa shape index (κ3) is 2.64. The van der Waals surface area contributed by atoms with E-state index in [0.29, 0.717) is 22.7 Å². The summed E-state index contributed by atoms with van der Waals surface area (Å²) in [6.07, 6.45) is 0. The van der Waals surface area contributed by atoms with E-state index in [9.17, 15) is 13.6 Å². The van der Waals surface area contributed by atoms with Crippen LogP contribution in [0.2, 0.25) is 0 Å². The number of aryl methyl sites for hydroxylation is 2. The Labute approximate surface area is 159 Å². The summed E-state index contributed by atoms with van der Waals surface area (Å²) in [7, 11) is 4.86. The van der Waals surface area contributed by atoms with Crippen molar-refractivity contribution in [3.8, 4) is 0 Å². The second kappa shape index (κ2) is 6.40. The normalized spacial score (nSPS) is 12.6. The van der Waals surface area contributed by atoms with E-state index >= 15 is 0 Å². The van der Waals surface area contributed by atoms with Gasteiger partial charge in [0, 0.05) is 26.2 Å². The van der Waals surface area contributed by atoms with Gasteiger partial charge in [-0.15, -0.1) is 0 Å². The largest absolute Gasteiger partial charge is 0.465 e. The van der Waals surface area contributed by atoms with Gasteiger partial charge in [-0.3, -0.25) is 0 Å². The van der Waals surface area contributed by atoms with Gasteiger partial charge in [-0.1, -0.05) is 0 Å². The number of halogens is 2. The van der Waals surface area contributed by atoms with Crippen LogP contribution in [0.4, 0.5) is 8.78 Å². The number of rotatable bonds is 3. The average Bonchev–Trinajstić information content (AvgIpc) is 3.17. The zero-order valence-electron chi connectivity index (χ0n) is 15.8. The number of carbonyl (C=O) groups is 1. The second-order valence-electron chi connectivity index (χ2n) is 6.73. The number of ether oxygens (including phenoxy) is 1. The monoisotopic (exact) mass is 384 g/mol. The van der Waals surface area contributed by atoms with Gasteiger partial charge in [0.1, 0.15) is 23.0 Å². The lowest BCUT2D eigenvalue weighted by Crippen LogP contribution is -2.10. The maximum atomic E-state index is 14.2. The molecule has 0 bridgehead atoms. The first-order valence-electron chi connectivity index (χ1n) is 8.68. The molecule has 0 spiro atoms. The van der Waals surface area contributed by atoms with Gasteiger partial charge in [0.2, 0.25) is 0 Å². The van der Waals surface area contributed by atoms with Crippen LogP contribution in [0.25, 0.3) is 22.1 Å². The molecule has 2 aromatic carbocycles. The first-order chi connectivity index (χ1) is 13.3. The SMILES string of the molecule is COC(=O)c1ccc2nc(C(C)c3nc4cc(F)cc(F)c4n3C)n(C)c2c1. The van der Waals surface area contributed by atoms with Gasteiger partial charge in [-0.2, -0.15) is 0 Å². The van der Waals surface area contributed by atoms with Crippen molar-refractivity contribution in [1.29, 1.82) is 0 Å². The molecule has 144 valence electrons. The number of nitrogens with zero attached hydrogens (tertiary/aromatic N) is 4. The molecule has 0 aliphatic heterocycles. The average molecular weight is 384 g/mol. The Balaban J connectivity index is 1.85. The van der Waals surface area contributed by atoms with Crippen LogP contribution in [0.15, 0.2) is 30.3 Å². The Morgan fingerprint density at radius 3 is 2.43 bits per heavy atom. The van der Waals surface area contributed by atoms with Crippen molar-refractivity contribution in [3.05, 3.63) is 59.2 Å². The van der Waals surface area contributed by atoms with E-state index < -0.39 is 17.6 Å². The van der Waals surface area contributed by atoms with E-state index in [-0.39, 0.29) is 17.0 Å². The molecule has 0 saturated carbocycles. The highest BCUT2D eigenvalue weighted by atomic mass is 19.1. The van der Waals surface area contributed by atoms with Crippen LogP contribution in [-0.2, 0) is 18.8 Å². The van der Waals surface area contributed by atoms with Gasteiger partial charge in [-0.05, 0) is 25.1 Å². The number of benzene rings is 2. The molecule has 0 N–H and O–H groups in total. The highest BCUT2D eigenvalue weighted by molar-refractivity contribution is 5.93. The fraction of sp³-hybridized carbons (Fsp3) is 0.250. The Morgan fingerprint density at radius 1 is 1.04 bits per heavy atom. The first-order valence-corrected chi connectivity index (χ1v) is 8.68. The number of methoxy groups -OCH3 is 1. The van der Waals surface area contributed by atoms with Gasteiger partial charge >= 0.3 is 5.97 Å². The minimum atomic E-state index is -0.666. The maximum absolute atomic E-state index is 14.2. The van der Waals surface area contributed by atoms with Crippen LogP contribution in [0.5, 0.6) is 0 Å². The highest BCUT2D eigenvalue weighted by Crippen LogP contribution is 2.29. The number of imidazole rings is 2. The Hall–Kier alpha value is -3.29. The van der Waals surface area contributed by atoms with Crippen molar-refractivity contribution in [2.24, 2.45) is 14.1 Å². The van der Waals surface area contributed by atoms with Crippen LogP contribution in [0, 0.1) is 11.6 Å². The topological polar surface area (TPSA) is 61.9 Å². The molecule has 0 aliphatic carbocycles. The fourth-order valence-corrected chi connectivity index (χ4v) is 3.63. The molecule has 28 heavy (non-hydrogen) atoms. The van der Waals surface area contributed by atoms with Gasteiger partial charge in [-0.25, -0.2) is 23.5 Å². The van der Waals surface area contributed by atoms with Gasteiger partial charge in [0.15, 0.2) is 5.82 Å². The molecule has 2 heterocycles. The van der Waals surface area contributed by atoms with Gasteiger partial charge < -0.3 is 13.9 Å². The number of hydrogen-bond acceptors (Lipinski definition) is 4. The predicted octanol–water partition coefficient (Wildman–Crippen LogP) is 3.68. The number of fused-ring (bicyclic) bond motifs is 2. The third-order valence-electron chi connectivity index (χ3n) is 5.03. The lowest BCUT2D eigenvalue weighted by molar-refractivity contribution is 0.0601. The van der Waals surface area contributed by atoms with Crippen LogP contribution in [-0.4, -0.2) is 32.2 Å². The standard InChI is InChI=1S/C20H18F2N4O2/c1-10(19-24-15-9-12(21)8-13(22)17(15)26(19)3)18-23-14-6-5-11(20(27)28-4)7-16(14)25(18)2/h5-10H,1-4H3. The molecule has 8 heteroatoms. The number of aromatic nitrogens is 4. The summed E-state index contributed by atoms with van der Waals surface area (Å²) in [5, 5.41) is 0. The Bertz CT molecular complexity index is 1240. The Kier molecular flexibility index (Phi) is 4.14. The van der Waals surface area contributed by atoms with E-state index in [4.69, 9.17) is 4.74 Å². The summed E-state index contributed by atoms with van der Waals surface area (Å²) in [6.45, 7) is 1.90.